The predicted octanol–water partition coefficient (Wildman–Crippen LogP) is 0.390. The summed E-state index contributed by atoms with van der Waals surface area (Å²) in [6.07, 6.45) is -0.207. The zero-order valence-electron chi connectivity index (χ0n) is 12.6. The average molecular weight is 365 g/mol. The van der Waals surface area contributed by atoms with E-state index >= 15 is 0 Å². The van der Waals surface area contributed by atoms with Crippen LogP contribution in [0.2, 0.25) is 0 Å². The molecule has 1 N–H and O–H groups in total. The standard InChI is InChI=1S/C13H19NO7S2/c1-7(2)12(15)19-6-5-14-13(16)20-10-8-3-4-9(22-8)11(10)21-23(17)18/h8-11,23H,1,3-6H2,2H3,(H,14,16). The van der Waals surface area contributed by atoms with Crippen LogP contribution in [0.5, 0.6) is 0 Å². The largest absolute Gasteiger partial charge is 0.460 e. The SMILES string of the molecule is C=C(C)C(=O)OCCNC(=O)OC1C2CCC(S2)C1O[SH](=O)=O. The Bertz CT molecular complexity index is 555. The number of hydrogen-bond donors (Lipinski definition) is 2. The van der Waals surface area contributed by atoms with Crippen molar-refractivity contribution in [3.63, 3.8) is 0 Å². The first-order chi connectivity index (χ1) is 10.9. The van der Waals surface area contributed by atoms with Crippen molar-refractivity contribution in [2.75, 3.05) is 13.2 Å². The third kappa shape index (κ3) is 4.85. The first-order valence-corrected chi connectivity index (χ1v) is 9.16. The number of carbonyl (C=O) groups excluding carboxylic acids is 2. The highest BCUT2D eigenvalue weighted by molar-refractivity contribution is 8.01. The second kappa shape index (κ2) is 8.02. The number of esters is 1. The van der Waals surface area contributed by atoms with Gasteiger partial charge in [0.2, 0.25) is 0 Å². The van der Waals surface area contributed by atoms with E-state index in [1.54, 1.807) is 11.8 Å². The molecule has 0 saturated carbocycles. The lowest BCUT2D eigenvalue weighted by atomic mass is 9.95. The molecule has 0 aromatic heterocycles. The van der Waals surface area contributed by atoms with Gasteiger partial charge in [-0.25, -0.2) is 18.0 Å². The second-order valence-corrected chi connectivity index (χ2v) is 7.44. The van der Waals surface area contributed by atoms with Crippen LogP contribution in [-0.2, 0) is 29.4 Å². The molecule has 0 spiro atoms. The van der Waals surface area contributed by atoms with Gasteiger partial charge in [-0.05, 0) is 19.8 Å². The topological polar surface area (TPSA) is 108 Å². The molecule has 2 heterocycles. The number of amides is 1. The van der Waals surface area contributed by atoms with Crippen molar-refractivity contribution in [1.82, 2.24) is 5.32 Å². The minimum atomic E-state index is -2.99. The molecule has 4 atom stereocenters. The first-order valence-electron chi connectivity index (χ1n) is 7.12. The molecule has 4 unspecified atom stereocenters. The Hall–Kier alpha value is -1.26. The minimum Gasteiger partial charge on any atom is -0.460 e. The van der Waals surface area contributed by atoms with Gasteiger partial charge < -0.3 is 14.8 Å². The molecule has 2 rings (SSSR count). The number of nitrogens with one attached hydrogen (secondary N) is 1. The Labute approximate surface area is 140 Å². The van der Waals surface area contributed by atoms with Crippen LogP contribution in [0.3, 0.4) is 0 Å². The van der Waals surface area contributed by atoms with Gasteiger partial charge >= 0.3 is 12.1 Å². The molecule has 0 radical (unpaired) electrons. The maximum Gasteiger partial charge on any atom is 0.407 e. The second-order valence-electron chi connectivity index (χ2n) is 5.30. The third-order valence-electron chi connectivity index (χ3n) is 3.55. The van der Waals surface area contributed by atoms with E-state index in [0.717, 1.165) is 12.8 Å². The molecular formula is C13H19NO7S2. The van der Waals surface area contributed by atoms with Crippen molar-refractivity contribution in [2.24, 2.45) is 0 Å². The fraction of sp³-hybridized carbons (Fsp3) is 0.692. The van der Waals surface area contributed by atoms with Gasteiger partial charge in [-0.15, -0.1) is 11.8 Å². The summed E-state index contributed by atoms with van der Waals surface area (Å²) in [6, 6.07) is 0. The van der Waals surface area contributed by atoms with E-state index in [-0.39, 0.29) is 29.2 Å². The van der Waals surface area contributed by atoms with E-state index in [1.165, 1.54) is 6.92 Å². The highest BCUT2D eigenvalue weighted by atomic mass is 32.2. The molecule has 10 heteroatoms. The Morgan fingerprint density at radius 2 is 1.91 bits per heavy atom. The van der Waals surface area contributed by atoms with Gasteiger partial charge in [0.25, 0.3) is 11.0 Å². The molecule has 2 saturated heterocycles. The summed E-state index contributed by atoms with van der Waals surface area (Å²) in [6.45, 7) is 5.05. The van der Waals surface area contributed by atoms with Gasteiger partial charge in [0.1, 0.15) is 18.8 Å². The number of carbonyl (C=O) groups is 2. The third-order valence-corrected chi connectivity index (χ3v) is 5.67. The van der Waals surface area contributed by atoms with E-state index in [1.807, 2.05) is 0 Å². The molecule has 130 valence electrons. The number of alkyl carbamates (subject to hydrolysis) is 1. The quantitative estimate of drug-likeness (QED) is 0.289. The normalized spacial score (nSPS) is 28.6. The van der Waals surface area contributed by atoms with Crippen molar-refractivity contribution in [2.45, 2.75) is 42.5 Å². The summed E-state index contributed by atoms with van der Waals surface area (Å²) in [5.41, 5.74) is 0.276. The van der Waals surface area contributed by atoms with Gasteiger partial charge in [-0.3, -0.25) is 4.18 Å². The highest BCUT2D eigenvalue weighted by Gasteiger charge is 2.52. The Morgan fingerprint density at radius 3 is 2.52 bits per heavy atom. The molecule has 2 aliphatic heterocycles. The van der Waals surface area contributed by atoms with Crippen LogP contribution in [0.4, 0.5) is 4.79 Å². The summed E-state index contributed by atoms with van der Waals surface area (Å²) in [5, 5.41) is 2.53. The van der Waals surface area contributed by atoms with Crippen LogP contribution >= 0.6 is 11.8 Å². The van der Waals surface area contributed by atoms with Crippen LogP contribution < -0.4 is 5.32 Å². The maximum atomic E-state index is 11.8. The van der Waals surface area contributed by atoms with Gasteiger partial charge in [-0.2, -0.15) is 0 Å². The summed E-state index contributed by atoms with van der Waals surface area (Å²) in [7, 11) is -2.99. The van der Waals surface area contributed by atoms with Gasteiger partial charge in [0.05, 0.1) is 6.54 Å². The van der Waals surface area contributed by atoms with E-state index in [9.17, 15) is 18.0 Å². The summed E-state index contributed by atoms with van der Waals surface area (Å²) in [4.78, 5) is 22.9. The molecular weight excluding hydrogens is 346 g/mol. The van der Waals surface area contributed by atoms with Crippen LogP contribution in [-0.4, -0.2) is 56.3 Å². The first kappa shape index (κ1) is 18.1. The lowest BCUT2D eigenvalue weighted by molar-refractivity contribution is -0.138. The molecule has 2 bridgehead atoms. The number of rotatable bonds is 7. The summed E-state index contributed by atoms with van der Waals surface area (Å²) in [5.74, 6) is -0.530. The van der Waals surface area contributed by atoms with Crippen molar-refractivity contribution in [3.05, 3.63) is 12.2 Å². The number of ether oxygens (including phenoxy) is 2. The van der Waals surface area contributed by atoms with Gasteiger partial charge in [-0.1, -0.05) is 6.58 Å². The Kier molecular flexibility index (Phi) is 6.31. The van der Waals surface area contributed by atoms with Crippen LogP contribution in [0.1, 0.15) is 19.8 Å². The maximum absolute atomic E-state index is 11.8. The van der Waals surface area contributed by atoms with Crippen LogP contribution in [0.15, 0.2) is 12.2 Å². The zero-order valence-corrected chi connectivity index (χ0v) is 14.3. The van der Waals surface area contributed by atoms with Crippen molar-refractivity contribution < 1.29 is 31.7 Å². The number of fused-ring (bicyclic) bond motifs is 2. The lowest BCUT2D eigenvalue weighted by Crippen LogP contribution is -2.44. The molecule has 1 amide bonds. The van der Waals surface area contributed by atoms with E-state index < -0.39 is 35.3 Å². The van der Waals surface area contributed by atoms with Crippen molar-refractivity contribution in [1.29, 1.82) is 0 Å². The van der Waals surface area contributed by atoms with Gasteiger partial charge in [0.15, 0.2) is 0 Å². The molecule has 0 aromatic rings. The van der Waals surface area contributed by atoms with Gasteiger partial charge in [0, 0.05) is 16.1 Å². The fourth-order valence-electron chi connectivity index (χ4n) is 2.55. The lowest BCUT2D eigenvalue weighted by Gasteiger charge is -2.27. The van der Waals surface area contributed by atoms with Crippen LogP contribution in [0, 0.1) is 0 Å². The molecule has 8 nitrogen and oxygen atoms in total. The smallest absolute Gasteiger partial charge is 0.407 e. The minimum absolute atomic E-state index is 0.00138. The predicted molar refractivity (Wildman–Crippen MR) is 83.6 cm³/mol. The average Bonchev–Trinajstić information content (AvgIpc) is 3.06. The summed E-state index contributed by atoms with van der Waals surface area (Å²) >= 11 is 1.59. The fourth-order valence-corrected chi connectivity index (χ4v) is 4.82. The molecule has 23 heavy (non-hydrogen) atoms. The Balaban J connectivity index is 1.75. The highest BCUT2D eigenvalue weighted by Crippen LogP contribution is 2.48. The van der Waals surface area contributed by atoms with E-state index in [4.69, 9.17) is 13.7 Å². The molecule has 0 aliphatic carbocycles. The Morgan fingerprint density at radius 1 is 1.26 bits per heavy atom. The number of thioether (sulfide) groups is 1. The van der Waals surface area contributed by atoms with Crippen LogP contribution in [0.25, 0.3) is 0 Å². The molecule has 2 aliphatic rings. The monoisotopic (exact) mass is 365 g/mol. The molecule has 0 aromatic carbocycles. The molecule has 2 fully saturated rings. The number of thiol groups is 1. The number of hydrogen-bond acceptors (Lipinski definition) is 8. The summed E-state index contributed by atoms with van der Waals surface area (Å²) < 4.78 is 36.6. The van der Waals surface area contributed by atoms with Crippen molar-refractivity contribution >= 4 is 34.8 Å². The van der Waals surface area contributed by atoms with E-state index in [2.05, 4.69) is 11.9 Å². The van der Waals surface area contributed by atoms with Crippen molar-refractivity contribution in [3.8, 4) is 0 Å². The zero-order chi connectivity index (χ0) is 17.0. The van der Waals surface area contributed by atoms with E-state index in [0.29, 0.717) is 0 Å².